The number of hydrogen-bond donors (Lipinski definition) is 0. The topological polar surface area (TPSA) is 9.23 Å². The summed E-state index contributed by atoms with van der Waals surface area (Å²) in [4.78, 5) is 0. The molecule has 0 atom stereocenters. The minimum absolute atomic E-state index is 0.0185. The zero-order chi connectivity index (χ0) is 20.0. The second kappa shape index (κ2) is 9.21. The molecule has 0 heterocycles. The van der Waals surface area contributed by atoms with E-state index in [0.29, 0.717) is 0 Å². The molecule has 3 aromatic carbocycles. The normalized spacial score (nSPS) is 12.1. The zero-order valence-electron chi connectivity index (χ0n) is 17.0. The summed E-state index contributed by atoms with van der Waals surface area (Å²) >= 11 is 3.61. The van der Waals surface area contributed by atoms with Gasteiger partial charge in [0.2, 0.25) is 0 Å². The highest BCUT2D eigenvalue weighted by Gasteiger charge is 2.49. The molecule has 0 N–H and O–H groups in total. The Labute approximate surface area is 179 Å². The van der Waals surface area contributed by atoms with E-state index in [-0.39, 0.29) is 5.04 Å². The summed E-state index contributed by atoms with van der Waals surface area (Å²) in [7, 11) is -2.44. The Kier molecular flexibility index (Phi) is 6.92. The highest BCUT2D eigenvalue weighted by atomic mass is 79.9. The quantitative estimate of drug-likeness (QED) is 0.329. The van der Waals surface area contributed by atoms with E-state index in [2.05, 4.69) is 122 Å². The summed E-state index contributed by atoms with van der Waals surface area (Å²) in [5.74, 6) is 0. The van der Waals surface area contributed by atoms with E-state index < -0.39 is 8.32 Å². The average Bonchev–Trinajstić information content (AvgIpc) is 2.72. The van der Waals surface area contributed by atoms with Gasteiger partial charge in [0.1, 0.15) is 0 Å². The maximum absolute atomic E-state index is 6.99. The SMILES string of the molecule is CC(C)(C)[Si](OCCc1ccccc1CBr)(c1ccccc1)c1ccccc1. The molecular weight excluding hydrogens is 424 g/mol. The molecule has 0 aliphatic heterocycles. The maximum atomic E-state index is 6.99. The molecule has 0 bridgehead atoms. The summed E-state index contributed by atoms with van der Waals surface area (Å²) in [5.41, 5.74) is 2.70. The van der Waals surface area contributed by atoms with Crippen molar-refractivity contribution in [2.75, 3.05) is 6.61 Å². The predicted octanol–water partition coefficient (Wildman–Crippen LogP) is 5.70. The van der Waals surface area contributed by atoms with Gasteiger partial charge in [0.05, 0.1) is 0 Å². The molecule has 3 heteroatoms. The molecule has 0 amide bonds. The van der Waals surface area contributed by atoms with Crippen LogP contribution in [0.3, 0.4) is 0 Å². The molecule has 0 aromatic heterocycles. The van der Waals surface area contributed by atoms with E-state index >= 15 is 0 Å². The fraction of sp³-hybridized carbons (Fsp3) is 0.280. The van der Waals surface area contributed by atoms with E-state index in [1.165, 1.54) is 21.5 Å². The summed E-state index contributed by atoms with van der Waals surface area (Å²) in [6, 6.07) is 30.3. The number of alkyl halides is 1. The second-order valence-corrected chi connectivity index (χ2v) is 13.0. The Balaban J connectivity index is 1.99. The van der Waals surface area contributed by atoms with Gasteiger partial charge in [-0.05, 0) is 33.0 Å². The lowest BCUT2D eigenvalue weighted by Crippen LogP contribution is -2.66. The monoisotopic (exact) mass is 452 g/mol. The van der Waals surface area contributed by atoms with Gasteiger partial charge < -0.3 is 4.43 Å². The van der Waals surface area contributed by atoms with Crippen molar-refractivity contribution in [3.63, 3.8) is 0 Å². The van der Waals surface area contributed by atoms with Crippen LogP contribution in [0.15, 0.2) is 84.9 Å². The fourth-order valence-corrected chi connectivity index (χ4v) is 9.12. The molecular formula is C25H29BrOSi. The molecule has 0 unspecified atom stereocenters. The van der Waals surface area contributed by atoms with Crippen LogP contribution < -0.4 is 10.4 Å². The van der Waals surface area contributed by atoms with E-state index in [1.54, 1.807) is 0 Å². The third-order valence-electron chi connectivity index (χ3n) is 5.37. The smallest absolute Gasteiger partial charge is 0.261 e. The second-order valence-electron chi connectivity index (χ2n) is 8.16. The van der Waals surface area contributed by atoms with Crippen LogP contribution in [-0.2, 0) is 16.2 Å². The molecule has 1 nitrogen and oxygen atoms in total. The molecule has 0 saturated heterocycles. The van der Waals surface area contributed by atoms with Gasteiger partial charge in [-0.25, -0.2) is 0 Å². The standard InChI is InChI=1S/C25H29BrOSi/c1-25(2,3)28(23-14-6-4-7-15-23,24-16-8-5-9-17-24)27-19-18-21-12-10-11-13-22(21)20-26/h4-17H,18-20H2,1-3H3. The molecule has 0 saturated carbocycles. The van der Waals surface area contributed by atoms with Crippen molar-refractivity contribution in [3.05, 3.63) is 96.1 Å². The molecule has 3 rings (SSSR count). The van der Waals surface area contributed by atoms with Crippen LogP contribution in [0.1, 0.15) is 31.9 Å². The van der Waals surface area contributed by atoms with Crippen LogP contribution in [0.5, 0.6) is 0 Å². The lowest BCUT2D eigenvalue weighted by atomic mass is 10.1. The lowest BCUT2D eigenvalue weighted by molar-refractivity contribution is 0.301. The minimum Gasteiger partial charge on any atom is -0.407 e. The molecule has 0 spiro atoms. The number of hydrogen-bond acceptors (Lipinski definition) is 1. The van der Waals surface area contributed by atoms with Crippen LogP contribution in [0.2, 0.25) is 5.04 Å². The maximum Gasteiger partial charge on any atom is 0.261 e. The highest BCUT2D eigenvalue weighted by molar-refractivity contribution is 9.08. The van der Waals surface area contributed by atoms with Gasteiger partial charge in [0.25, 0.3) is 8.32 Å². The van der Waals surface area contributed by atoms with E-state index in [9.17, 15) is 0 Å². The summed E-state index contributed by atoms with van der Waals surface area (Å²) in [6.07, 6.45) is 0.923. The first-order valence-corrected chi connectivity index (χ1v) is 12.9. The van der Waals surface area contributed by atoms with Crippen molar-refractivity contribution in [2.24, 2.45) is 0 Å². The molecule has 0 aliphatic rings. The molecule has 0 radical (unpaired) electrons. The lowest BCUT2D eigenvalue weighted by Gasteiger charge is -2.43. The molecule has 3 aromatic rings. The Morgan fingerprint density at radius 1 is 0.714 bits per heavy atom. The van der Waals surface area contributed by atoms with Gasteiger partial charge >= 0.3 is 0 Å². The number of benzene rings is 3. The van der Waals surface area contributed by atoms with Crippen molar-refractivity contribution in [3.8, 4) is 0 Å². The first-order valence-electron chi connectivity index (χ1n) is 9.87. The van der Waals surface area contributed by atoms with Crippen LogP contribution >= 0.6 is 15.9 Å². The van der Waals surface area contributed by atoms with Crippen LogP contribution in [0, 0.1) is 0 Å². The van der Waals surface area contributed by atoms with E-state index in [1.807, 2.05) is 0 Å². The Morgan fingerprint density at radius 2 is 1.18 bits per heavy atom. The van der Waals surface area contributed by atoms with Gasteiger partial charge in [0.15, 0.2) is 0 Å². The largest absolute Gasteiger partial charge is 0.407 e. The summed E-state index contributed by atoms with van der Waals surface area (Å²) < 4.78 is 6.99. The fourth-order valence-electron chi connectivity index (χ4n) is 4.01. The predicted molar refractivity (Wildman–Crippen MR) is 126 cm³/mol. The van der Waals surface area contributed by atoms with E-state index in [4.69, 9.17) is 4.43 Å². The van der Waals surface area contributed by atoms with Gasteiger partial charge in [0, 0.05) is 11.9 Å². The summed E-state index contributed by atoms with van der Waals surface area (Å²) in [5, 5.41) is 3.57. The Morgan fingerprint density at radius 3 is 1.64 bits per heavy atom. The minimum atomic E-state index is -2.44. The zero-order valence-corrected chi connectivity index (χ0v) is 19.6. The van der Waals surface area contributed by atoms with E-state index in [0.717, 1.165) is 18.4 Å². The first kappa shape index (κ1) is 21.0. The van der Waals surface area contributed by atoms with Crippen molar-refractivity contribution >= 4 is 34.6 Å². The molecule has 146 valence electrons. The van der Waals surface area contributed by atoms with Crippen molar-refractivity contribution < 1.29 is 4.43 Å². The third kappa shape index (κ3) is 4.32. The molecule has 0 fully saturated rings. The highest BCUT2D eigenvalue weighted by Crippen LogP contribution is 2.36. The Bertz CT molecular complexity index is 832. The Hall–Kier alpha value is -1.68. The van der Waals surface area contributed by atoms with Gasteiger partial charge in [-0.1, -0.05) is 122 Å². The van der Waals surface area contributed by atoms with Gasteiger partial charge in [-0.15, -0.1) is 0 Å². The van der Waals surface area contributed by atoms with Crippen LogP contribution in [0.25, 0.3) is 0 Å². The van der Waals surface area contributed by atoms with Crippen molar-refractivity contribution in [1.29, 1.82) is 0 Å². The molecule has 0 aliphatic carbocycles. The average molecular weight is 453 g/mol. The van der Waals surface area contributed by atoms with Gasteiger partial charge in [-0.3, -0.25) is 0 Å². The summed E-state index contributed by atoms with van der Waals surface area (Å²) in [6.45, 7) is 7.69. The third-order valence-corrected chi connectivity index (χ3v) is 11.0. The van der Waals surface area contributed by atoms with Crippen molar-refractivity contribution in [1.82, 2.24) is 0 Å². The van der Waals surface area contributed by atoms with Crippen molar-refractivity contribution in [2.45, 2.75) is 37.6 Å². The van der Waals surface area contributed by atoms with Crippen LogP contribution in [-0.4, -0.2) is 14.9 Å². The van der Waals surface area contributed by atoms with Gasteiger partial charge in [-0.2, -0.15) is 0 Å². The number of rotatable bonds is 7. The number of halogens is 1. The first-order chi connectivity index (χ1) is 13.5. The molecule has 28 heavy (non-hydrogen) atoms. The van der Waals surface area contributed by atoms with Crippen LogP contribution in [0.4, 0.5) is 0 Å².